The van der Waals surface area contributed by atoms with Crippen LogP contribution in [0, 0.1) is 0 Å². The molecular formula is C26H22O2Se. The summed E-state index contributed by atoms with van der Waals surface area (Å²) in [5, 5.41) is 0. The molecule has 0 spiro atoms. The van der Waals surface area contributed by atoms with Crippen LogP contribution in [0.15, 0.2) is 97.1 Å². The fourth-order valence-electron chi connectivity index (χ4n) is 3.25. The Morgan fingerprint density at radius 2 is 0.862 bits per heavy atom. The number of methoxy groups -OCH3 is 2. The van der Waals surface area contributed by atoms with E-state index in [2.05, 4.69) is 72.8 Å². The quantitative estimate of drug-likeness (QED) is 0.401. The summed E-state index contributed by atoms with van der Waals surface area (Å²) in [6.07, 6.45) is 0. The second kappa shape index (κ2) is 9.00. The monoisotopic (exact) mass is 446 g/mol. The Kier molecular flexibility index (Phi) is 6.00. The van der Waals surface area contributed by atoms with Gasteiger partial charge in [-0.15, -0.1) is 0 Å². The average molecular weight is 445 g/mol. The molecule has 0 aliphatic carbocycles. The Morgan fingerprint density at radius 3 is 1.24 bits per heavy atom. The van der Waals surface area contributed by atoms with E-state index < -0.39 is 0 Å². The van der Waals surface area contributed by atoms with Crippen LogP contribution < -0.4 is 18.4 Å². The van der Waals surface area contributed by atoms with Gasteiger partial charge in [-0.2, -0.15) is 0 Å². The van der Waals surface area contributed by atoms with E-state index in [4.69, 9.17) is 9.47 Å². The number of ether oxygens (including phenoxy) is 2. The molecule has 0 heterocycles. The van der Waals surface area contributed by atoms with Crippen molar-refractivity contribution in [2.45, 2.75) is 0 Å². The molecule has 0 saturated heterocycles. The molecule has 4 rings (SSSR count). The van der Waals surface area contributed by atoms with Crippen LogP contribution in [0.3, 0.4) is 0 Å². The topological polar surface area (TPSA) is 18.5 Å². The molecule has 3 heteroatoms. The van der Waals surface area contributed by atoms with Crippen molar-refractivity contribution in [2.24, 2.45) is 0 Å². The molecule has 0 amide bonds. The fourth-order valence-corrected chi connectivity index (χ4v) is 5.60. The second-order valence-electron chi connectivity index (χ2n) is 6.55. The Bertz CT molecular complexity index is 997. The van der Waals surface area contributed by atoms with E-state index in [0.717, 1.165) is 11.5 Å². The van der Waals surface area contributed by atoms with Gasteiger partial charge in [-0.1, -0.05) is 0 Å². The number of hydrogen-bond acceptors (Lipinski definition) is 2. The summed E-state index contributed by atoms with van der Waals surface area (Å²) < 4.78 is 13.3. The molecule has 0 N–H and O–H groups in total. The third-order valence-corrected chi connectivity index (χ3v) is 7.21. The van der Waals surface area contributed by atoms with Gasteiger partial charge in [0.2, 0.25) is 0 Å². The van der Waals surface area contributed by atoms with E-state index >= 15 is 0 Å². The van der Waals surface area contributed by atoms with Gasteiger partial charge in [-0.05, 0) is 0 Å². The van der Waals surface area contributed by atoms with Crippen molar-refractivity contribution in [1.82, 2.24) is 0 Å². The van der Waals surface area contributed by atoms with Crippen molar-refractivity contribution >= 4 is 23.9 Å². The second-order valence-corrected chi connectivity index (χ2v) is 8.83. The first-order valence-electron chi connectivity index (χ1n) is 9.43. The van der Waals surface area contributed by atoms with Crippen LogP contribution in [0.2, 0.25) is 0 Å². The van der Waals surface area contributed by atoms with Gasteiger partial charge in [-0.25, -0.2) is 0 Å². The molecule has 0 aliphatic heterocycles. The zero-order valence-electron chi connectivity index (χ0n) is 16.5. The normalized spacial score (nSPS) is 10.6. The summed E-state index contributed by atoms with van der Waals surface area (Å²) in [5.41, 5.74) is 4.98. The maximum atomic E-state index is 5.31. The predicted molar refractivity (Wildman–Crippen MR) is 122 cm³/mol. The third-order valence-electron chi connectivity index (χ3n) is 4.80. The fraction of sp³-hybridized carbons (Fsp3) is 0.0769. The first-order valence-corrected chi connectivity index (χ1v) is 11.1. The van der Waals surface area contributed by atoms with Crippen molar-refractivity contribution in [1.29, 1.82) is 0 Å². The van der Waals surface area contributed by atoms with Gasteiger partial charge in [0.1, 0.15) is 0 Å². The number of benzene rings is 4. The van der Waals surface area contributed by atoms with Crippen LogP contribution in [0.4, 0.5) is 0 Å². The molecule has 2 nitrogen and oxygen atoms in total. The van der Waals surface area contributed by atoms with Crippen LogP contribution in [-0.2, 0) is 0 Å². The van der Waals surface area contributed by atoms with Crippen molar-refractivity contribution < 1.29 is 9.47 Å². The summed E-state index contributed by atoms with van der Waals surface area (Å²) in [4.78, 5) is 0. The van der Waals surface area contributed by atoms with Gasteiger partial charge >= 0.3 is 178 Å². The van der Waals surface area contributed by atoms with Crippen LogP contribution in [-0.4, -0.2) is 29.2 Å². The third kappa shape index (κ3) is 4.37. The zero-order valence-corrected chi connectivity index (χ0v) is 18.2. The van der Waals surface area contributed by atoms with Crippen LogP contribution in [0.25, 0.3) is 22.3 Å². The predicted octanol–water partition coefficient (Wildman–Crippen LogP) is 4.69. The summed E-state index contributed by atoms with van der Waals surface area (Å²) in [7, 11) is 3.39. The van der Waals surface area contributed by atoms with Gasteiger partial charge in [0, 0.05) is 0 Å². The molecule has 4 aromatic carbocycles. The van der Waals surface area contributed by atoms with E-state index in [-0.39, 0.29) is 15.0 Å². The molecule has 0 fully saturated rings. The number of hydrogen-bond donors (Lipinski definition) is 0. The Balaban J connectivity index is 1.70. The molecule has 0 unspecified atom stereocenters. The minimum atomic E-state index is 0.174. The zero-order chi connectivity index (χ0) is 20.1. The van der Waals surface area contributed by atoms with Crippen LogP contribution in [0.1, 0.15) is 0 Å². The van der Waals surface area contributed by atoms with Crippen molar-refractivity contribution in [3.63, 3.8) is 0 Å². The van der Waals surface area contributed by atoms with Gasteiger partial charge in [0.25, 0.3) is 0 Å². The first kappa shape index (κ1) is 19.3. The van der Waals surface area contributed by atoms with E-state index in [1.54, 1.807) is 14.2 Å². The Hall–Kier alpha value is -3.00. The molecule has 0 bridgehead atoms. The molecular weight excluding hydrogens is 423 g/mol. The van der Waals surface area contributed by atoms with Gasteiger partial charge in [0.05, 0.1) is 0 Å². The van der Waals surface area contributed by atoms with Crippen LogP contribution in [0.5, 0.6) is 11.5 Å². The Labute approximate surface area is 178 Å². The van der Waals surface area contributed by atoms with Gasteiger partial charge < -0.3 is 0 Å². The van der Waals surface area contributed by atoms with Gasteiger partial charge in [0.15, 0.2) is 0 Å². The van der Waals surface area contributed by atoms with Crippen LogP contribution >= 0.6 is 0 Å². The van der Waals surface area contributed by atoms with Crippen molar-refractivity contribution in [2.75, 3.05) is 14.2 Å². The molecule has 0 atom stereocenters. The summed E-state index contributed by atoms with van der Waals surface area (Å²) >= 11 is 0.174. The summed E-state index contributed by atoms with van der Waals surface area (Å²) in [5.74, 6) is 1.75. The molecule has 144 valence electrons. The van der Waals surface area contributed by atoms with Crippen molar-refractivity contribution in [3.05, 3.63) is 97.1 Å². The molecule has 0 aromatic heterocycles. The number of rotatable bonds is 6. The summed E-state index contributed by atoms with van der Waals surface area (Å²) in [6, 6.07) is 33.9. The SMILES string of the molecule is COc1ccc(-c2ccccc2[Se]c2ccccc2-c2ccc(OC)cc2)cc1. The summed E-state index contributed by atoms with van der Waals surface area (Å²) in [6.45, 7) is 0. The molecule has 0 radical (unpaired) electrons. The Morgan fingerprint density at radius 1 is 0.483 bits per heavy atom. The van der Waals surface area contributed by atoms with E-state index in [1.165, 1.54) is 31.2 Å². The molecule has 4 aromatic rings. The average Bonchev–Trinajstić information content (AvgIpc) is 2.80. The molecule has 0 aliphatic rings. The van der Waals surface area contributed by atoms with E-state index in [0.29, 0.717) is 0 Å². The molecule has 0 saturated carbocycles. The van der Waals surface area contributed by atoms with Gasteiger partial charge in [-0.3, -0.25) is 0 Å². The minimum absolute atomic E-state index is 0.174. The van der Waals surface area contributed by atoms with E-state index in [9.17, 15) is 0 Å². The van der Waals surface area contributed by atoms with Crippen molar-refractivity contribution in [3.8, 4) is 33.8 Å². The maximum absolute atomic E-state index is 5.31. The standard InChI is InChI=1S/C26H22O2Se/c1-27-21-15-11-19(12-16-21)23-7-3-5-9-25(23)29-26-10-6-4-8-24(26)20-13-17-22(28-2)18-14-20/h3-18H,1-2H3. The first-order chi connectivity index (χ1) is 14.3. The van der Waals surface area contributed by atoms with E-state index in [1.807, 2.05) is 24.3 Å². The molecule has 29 heavy (non-hydrogen) atoms.